The van der Waals surface area contributed by atoms with E-state index in [1.54, 1.807) is 0 Å². The van der Waals surface area contributed by atoms with Gasteiger partial charge in [-0.3, -0.25) is 0 Å². The van der Waals surface area contributed by atoms with Gasteiger partial charge >= 0.3 is 0 Å². The predicted octanol–water partition coefficient (Wildman–Crippen LogP) is 17.6. The van der Waals surface area contributed by atoms with E-state index in [4.69, 9.17) is 4.42 Å². The van der Waals surface area contributed by atoms with Crippen LogP contribution < -0.4 is 4.90 Å². The molecule has 0 N–H and O–H groups in total. The van der Waals surface area contributed by atoms with E-state index in [-0.39, 0.29) is 0 Å². The smallest absolute Gasteiger partial charge is 0.136 e. The molecule has 11 aromatic rings. The minimum Gasteiger partial charge on any atom is -0.456 e. The highest BCUT2D eigenvalue weighted by Crippen LogP contribution is 2.49. The molecule has 2 nitrogen and oxygen atoms in total. The number of anilines is 3. The van der Waals surface area contributed by atoms with Crippen LogP contribution in [0.25, 0.3) is 86.3 Å². The van der Waals surface area contributed by atoms with Gasteiger partial charge in [0.25, 0.3) is 0 Å². The van der Waals surface area contributed by atoms with Crippen LogP contribution in [0.1, 0.15) is 43.6 Å². The molecule has 1 aliphatic carbocycles. The summed E-state index contributed by atoms with van der Waals surface area (Å²) in [5.41, 5.74) is 13.9. The van der Waals surface area contributed by atoms with Crippen molar-refractivity contribution in [2.45, 2.75) is 38.0 Å². The lowest BCUT2D eigenvalue weighted by Crippen LogP contribution is -2.12. The summed E-state index contributed by atoms with van der Waals surface area (Å²) in [4.78, 5) is 2.50. The summed E-state index contributed by atoms with van der Waals surface area (Å²) < 4.78 is 9.10. The van der Waals surface area contributed by atoms with Crippen molar-refractivity contribution in [3.8, 4) is 33.4 Å². The summed E-state index contributed by atoms with van der Waals surface area (Å²) >= 11 is 1.88. The van der Waals surface area contributed by atoms with Gasteiger partial charge < -0.3 is 9.32 Å². The van der Waals surface area contributed by atoms with Crippen molar-refractivity contribution in [2.24, 2.45) is 0 Å². The minimum absolute atomic E-state index is 0.575. The van der Waals surface area contributed by atoms with Crippen molar-refractivity contribution < 1.29 is 4.42 Å². The van der Waals surface area contributed by atoms with Crippen LogP contribution in [-0.2, 0) is 0 Å². The second-order valence-corrected chi connectivity index (χ2v) is 17.6. The molecular weight excluding hydrogens is 759 g/mol. The van der Waals surface area contributed by atoms with Crippen molar-refractivity contribution in [2.75, 3.05) is 4.90 Å². The molecule has 2 aromatic heterocycles. The predicted molar refractivity (Wildman–Crippen MR) is 261 cm³/mol. The monoisotopic (exact) mass is 801 g/mol. The first kappa shape index (κ1) is 36.0. The van der Waals surface area contributed by atoms with Crippen molar-refractivity contribution >= 4 is 81.3 Å². The van der Waals surface area contributed by atoms with Gasteiger partial charge in [-0.1, -0.05) is 171 Å². The maximum absolute atomic E-state index is 6.46. The molecule has 0 unspecified atom stereocenters. The van der Waals surface area contributed by atoms with Gasteiger partial charge in [-0.15, -0.1) is 11.3 Å². The third kappa shape index (κ3) is 6.06. The Hall–Kier alpha value is -6.94. The van der Waals surface area contributed by atoms with Crippen LogP contribution in [-0.4, -0.2) is 0 Å². The Bertz CT molecular complexity index is 3410. The second kappa shape index (κ2) is 15.0. The fourth-order valence-corrected chi connectivity index (χ4v) is 11.6. The molecule has 9 aromatic carbocycles. The average molecular weight is 802 g/mol. The van der Waals surface area contributed by atoms with Gasteiger partial charge in [0.1, 0.15) is 11.2 Å². The summed E-state index contributed by atoms with van der Waals surface area (Å²) in [6.45, 7) is 0. The topological polar surface area (TPSA) is 16.4 Å². The van der Waals surface area contributed by atoms with Crippen LogP contribution >= 0.6 is 11.3 Å². The van der Waals surface area contributed by atoms with Crippen LogP contribution in [0.3, 0.4) is 0 Å². The van der Waals surface area contributed by atoms with Crippen molar-refractivity contribution in [1.82, 2.24) is 0 Å². The van der Waals surface area contributed by atoms with E-state index in [1.807, 2.05) is 11.3 Å². The van der Waals surface area contributed by atoms with Gasteiger partial charge in [-0.05, 0) is 99.8 Å². The number of hydrogen-bond donors (Lipinski definition) is 0. The van der Waals surface area contributed by atoms with Gasteiger partial charge in [0.15, 0.2) is 0 Å². The SMILES string of the molecule is c1ccc(N(c2ccc(-c3cccc4c3sc3ccccc34)cc2)c2ccccc2-c2cccc3oc4ccccc4c23)c(-c2cccc3cccc(C4CCCCC4)c23)c1. The lowest BCUT2D eigenvalue weighted by molar-refractivity contribution is 0.445. The largest absolute Gasteiger partial charge is 0.456 e. The molecule has 1 saturated carbocycles. The van der Waals surface area contributed by atoms with E-state index in [2.05, 4.69) is 199 Å². The molecule has 0 aliphatic heterocycles. The summed E-state index contributed by atoms with van der Waals surface area (Å²) in [5, 5.41) is 7.59. The molecule has 1 aliphatic rings. The molecule has 12 rings (SSSR count). The minimum atomic E-state index is 0.575. The maximum Gasteiger partial charge on any atom is 0.136 e. The first-order chi connectivity index (χ1) is 30.3. The molecule has 0 atom stereocenters. The number of fused-ring (bicyclic) bond motifs is 7. The summed E-state index contributed by atoms with van der Waals surface area (Å²) in [6.07, 6.45) is 6.45. The molecule has 0 saturated heterocycles. The molecule has 2 heterocycles. The third-order valence-electron chi connectivity index (χ3n) is 13.1. The number of benzene rings is 9. The molecular formula is C58H43NOS. The highest BCUT2D eigenvalue weighted by Gasteiger charge is 2.25. The van der Waals surface area contributed by atoms with Crippen LogP contribution in [0.2, 0.25) is 0 Å². The maximum atomic E-state index is 6.46. The third-order valence-corrected chi connectivity index (χ3v) is 14.3. The number of nitrogens with zero attached hydrogens (tertiary/aromatic N) is 1. The Kier molecular flexibility index (Phi) is 8.82. The van der Waals surface area contributed by atoms with Gasteiger partial charge in [0, 0.05) is 47.8 Å². The van der Waals surface area contributed by atoms with Gasteiger partial charge in [-0.25, -0.2) is 0 Å². The van der Waals surface area contributed by atoms with E-state index in [0.29, 0.717) is 5.92 Å². The van der Waals surface area contributed by atoms with Crippen molar-refractivity contribution in [3.63, 3.8) is 0 Å². The molecule has 0 amide bonds. The molecule has 0 radical (unpaired) electrons. The molecule has 61 heavy (non-hydrogen) atoms. The Morgan fingerprint density at radius 1 is 0.426 bits per heavy atom. The fraction of sp³-hybridized carbons (Fsp3) is 0.103. The van der Waals surface area contributed by atoms with E-state index in [0.717, 1.165) is 50.1 Å². The summed E-state index contributed by atoms with van der Waals surface area (Å²) in [5.74, 6) is 0.575. The van der Waals surface area contributed by atoms with Gasteiger partial charge in [0.05, 0.1) is 11.4 Å². The molecule has 0 bridgehead atoms. The number of para-hydroxylation sites is 3. The Morgan fingerprint density at radius 2 is 1.00 bits per heavy atom. The Balaban J connectivity index is 1.09. The van der Waals surface area contributed by atoms with Crippen molar-refractivity contribution in [1.29, 1.82) is 0 Å². The van der Waals surface area contributed by atoms with Gasteiger partial charge in [0.2, 0.25) is 0 Å². The molecule has 0 spiro atoms. The summed E-state index contributed by atoms with van der Waals surface area (Å²) in [6, 6.07) is 71.5. The molecule has 1 fully saturated rings. The van der Waals surface area contributed by atoms with E-state index in [1.165, 1.54) is 90.9 Å². The van der Waals surface area contributed by atoms with E-state index in [9.17, 15) is 0 Å². The fourth-order valence-electron chi connectivity index (χ4n) is 10.3. The number of furan rings is 1. The molecule has 292 valence electrons. The highest BCUT2D eigenvalue weighted by molar-refractivity contribution is 7.26. The lowest BCUT2D eigenvalue weighted by Gasteiger charge is -2.31. The van der Waals surface area contributed by atoms with Crippen LogP contribution in [0.15, 0.2) is 199 Å². The average Bonchev–Trinajstić information content (AvgIpc) is 3.91. The first-order valence-corrected chi connectivity index (χ1v) is 22.5. The van der Waals surface area contributed by atoms with Gasteiger partial charge in [-0.2, -0.15) is 0 Å². The molecule has 3 heteroatoms. The Morgan fingerprint density at radius 3 is 1.79 bits per heavy atom. The van der Waals surface area contributed by atoms with E-state index < -0.39 is 0 Å². The summed E-state index contributed by atoms with van der Waals surface area (Å²) in [7, 11) is 0. The normalized spacial score (nSPS) is 13.5. The number of hydrogen-bond acceptors (Lipinski definition) is 3. The number of thiophene rings is 1. The lowest BCUT2D eigenvalue weighted by atomic mass is 9.80. The number of rotatable bonds is 7. The zero-order valence-electron chi connectivity index (χ0n) is 33.9. The quantitative estimate of drug-likeness (QED) is 0.160. The van der Waals surface area contributed by atoms with Crippen LogP contribution in [0, 0.1) is 0 Å². The van der Waals surface area contributed by atoms with Crippen LogP contribution in [0.5, 0.6) is 0 Å². The second-order valence-electron chi connectivity index (χ2n) is 16.6. The highest BCUT2D eigenvalue weighted by atomic mass is 32.1. The standard InChI is InChI=1S/C58H43NOS/c1-2-16-38(17-3-1)42-24-12-18-40-19-13-26-47(56(40)42)44-20-4-8-29-51(44)59(41-36-34-39(35-37-41)43-25-14-28-49-46-22-7-11-33-55(46)61-58(43)49)52-30-9-5-21-45(52)48-27-15-32-54-57(48)50-23-6-10-31-53(50)60-54/h4-15,18-38H,1-3,16-17H2. The first-order valence-electron chi connectivity index (χ1n) is 21.7. The zero-order valence-corrected chi connectivity index (χ0v) is 34.7. The van der Waals surface area contributed by atoms with Crippen LogP contribution in [0.4, 0.5) is 17.1 Å². The Labute approximate surface area is 360 Å². The van der Waals surface area contributed by atoms with E-state index >= 15 is 0 Å². The van der Waals surface area contributed by atoms with Crippen molar-refractivity contribution in [3.05, 3.63) is 200 Å². The zero-order chi connectivity index (χ0) is 40.3.